The number of carbonyl (C=O) groups is 2. The minimum Gasteiger partial charge on any atom is -0.465 e. The van der Waals surface area contributed by atoms with Crippen LogP contribution in [0.3, 0.4) is 0 Å². The molecule has 0 bridgehead atoms. The molecular formula is C29H30F6N4O6S. The van der Waals surface area contributed by atoms with Crippen molar-refractivity contribution in [3.05, 3.63) is 81.5 Å². The molecule has 46 heavy (non-hydrogen) atoms. The number of aromatic nitrogens is 2. The van der Waals surface area contributed by atoms with Gasteiger partial charge in [-0.1, -0.05) is 24.3 Å². The normalized spacial score (nSPS) is 14.2. The van der Waals surface area contributed by atoms with Crippen LogP contribution in [-0.4, -0.2) is 56.6 Å². The molecule has 250 valence electrons. The van der Waals surface area contributed by atoms with Crippen LogP contribution in [-0.2, 0) is 50.9 Å². The summed E-state index contributed by atoms with van der Waals surface area (Å²) in [5.41, 5.74) is -2.43. The highest BCUT2D eigenvalue weighted by Crippen LogP contribution is 2.39. The number of ether oxygens (including phenoxy) is 1. The van der Waals surface area contributed by atoms with Gasteiger partial charge in [-0.15, -0.1) is 0 Å². The minimum atomic E-state index is -5.01. The Labute approximate surface area is 260 Å². The molecular weight excluding hydrogens is 646 g/mol. The fourth-order valence-corrected chi connectivity index (χ4v) is 5.51. The van der Waals surface area contributed by atoms with Crippen LogP contribution in [0.15, 0.2) is 42.5 Å². The summed E-state index contributed by atoms with van der Waals surface area (Å²) in [5.74, 6) is -1.87. The topological polar surface area (TPSA) is 120 Å². The van der Waals surface area contributed by atoms with E-state index in [0.29, 0.717) is 5.56 Å². The molecule has 0 fully saturated rings. The molecule has 17 heteroatoms. The van der Waals surface area contributed by atoms with Crippen molar-refractivity contribution in [3.8, 4) is 0 Å². The Bertz CT molecular complexity index is 1700. The number of rotatable bonds is 11. The van der Waals surface area contributed by atoms with Crippen molar-refractivity contribution in [1.29, 1.82) is 0 Å². The third-order valence-corrected chi connectivity index (χ3v) is 7.82. The van der Waals surface area contributed by atoms with E-state index in [2.05, 4.69) is 19.3 Å². The number of hydrogen-bond acceptors (Lipinski definition) is 8. The van der Waals surface area contributed by atoms with Crippen molar-refractivity contribution in [1.82, 2.24) is 15.1 Å². The predicted molar refractivity (Wildman–Crippen MR) is 153 cm³/mol. The number of fused-ring (bicyclic) bond motifs is 1. The first-order chi connectivity index (χ1) is 21.4. The van der Waals surface area contributed by atoms with Crippen LogP contribution >= 0.6 is 0 Å². The zero-order valence-electron chi connectivity index (χ0n) is 24.8. The molecule has 1 aliphatic heterocycles. The second-order valence-corrected chi connectivity index (χ2v) is 12.3. The third-order valence-electron chi connectivity index (χ3n) is 7.22. The summed E-state index contributed by atoms with van der Waals surface area (Å²) < 4.78 is 117. The lowest BCUT2D eigenvalue weighted by molar-refractivity contribution is -0.142. The third kappa shape index (κ3) is 8.17. The maximum atomic E-state index is 14.1. The number of esters is 1. The minimum absolute atomic E-state index is 0.00660. The Morgan fingerprint density at radius 1 is 1.02 bits per heavy atom. The molecule has 0 saturated heterocycles. The molecule has 2 heterocycles. The Balaban J connectivity index is 1.60. The van der Waals surface area contributed by atoms with Crippen LogP contribution in [0.5, 0.6) is 0 Å². The summed E-state index contributed by atoms with van der Waals surface area (Å²) in [7, 11) is -2.55. The fourth-order valence-electron chi connectivity index (χ4n) is 5.09. The summed E-state index contributed by atoms with van der Waals surface area (Å²) in [6.07, 6.45) is -9.09. The first-order valence-corrected chi connectivity index (χ1v) is 15.7. The van der Waals surface area contributed by atoms with Gasteiger partial charge in [0.15, 0.2) is 5.69 Å². The van der Waals surface area contributed by atoms with E-state index in [-0.39, 0.29) is 61.6 Å². The van der Waals surface area contributed by atoms with Gasteiger partial charge < -0.3 is 15.0 Å². The van der Waals surface area contributed by atoms with Crippen LogP contribution in [0, 0.1) is 0 Å². The number of carbonyl (C=O) groups excluding carboxylic acids is 2. The smallest absolute Gasteiger partial charge is 0.436 e. The molecule has 1 aromatic heterocycles. The molecule has 0 saturated carbocycles. The molecule has 2 aromatic carbocycles. The number of anilines is 1. The number of nitrogens with one attached hydrogen (secondary N) is 1. The van der Waals surface area contributed by atoms with Crippen molar-refractivity contribution < 1.29 is 53.3 Å². The molecule has 1 aliphatic rings. The number of alkyl halides is 6. The highest BCUT2D eigenvalue weighted by molar-refractivity contribution is 7.85. The van der Waals surface area contributed by atoms with E-state index in [4.69, 9.17) is 0 Å². The molecule has 0 spiro atoms. The molecule has 10 nitrogen and oxygen atoms in total. The Morgan fingerprint density at radius 2 is 1.70 bits per heavy atom. The maximum absolute atomic E-state index is 14.1. The number of nitrogens with zero attached hydrogens (tertiary/aromatic N) is 3. The van der Waals surface area contributed by atoms with E-state index in [0.717, 1.165) is 17.0 Å². The first kappa shape index (κ1) is 34.7. The molecule has 1 unspecified atom stereocenters. The Morgan fingerprint density at radius 3 is 2.28 bits per heavy atom. The van der Waals surface area contributed by atoms with Crippen LogP contribution in [0.25, 0.3) is 0 Å². The second-order valence-electron chi connectivity index (χ2n) is 10.6. The van der Waals surface area contributed by atoms with E-state index in [1.807, 2.05) is 0 Å². The summed E-state index contributed by atoms with van der Waals surface area (Å²) in [6, 6.07) is 8.61. The van der Waals surface area contributed by atoms with Gasteiger partial charge in [0.25, 0.3) is 16.0 Å². The van der Waals surface area contributed by atoms with E-state index >= 15 is 0 Å². The number of benzene rings is 2. The van der Waals surface area contributed by atoms with Crippen molar-refractivity contribution >= 4 is 27.8 Å². The van der Waals surface area contributed by atoms with E-state index in [1.165, 1.54) is 55.3 Å². The largest absolute Gasteiger partial charge is 0.465 e. The van der Waals surface area contributed by atoms with Gasteiger partial charge in [0.05, 0.1) is 43.7 Å². The van der Waals surface area contributed by atoms with Gasteiger partial charge in [0.1, 0.15) is 11.4 Å². The molecule has 0 aliphatic carbocycles. The highest BCUT2D eigenvalue weighted by atomic mass is 32.2. The molecule has 0 radical (unpaired) electrons. The average Bonchev–Trinajstić information content (AvgIpc) is 3.54. The lowest BCUT2D eigenvalue weighted by Crippen LogP contribution is -2.31. The van der Waals surface area contributed by atoms with Crippen molar-refractivity contribution in [3.63, 3.8) is 0 Å². The van der Waals surface area contributed by atoms with Gasteiger partial charge >= 0.3 is 18.3 Å². The van der Waals surface area contributed by atoms with Crippen LogP contribution < -0.4 is 10.2 Å². The quantitative estimate of drug-likeness (QED) is 0.129. The standard InChI is InChI=1S/C29H30F6N4O6S/c1-17(19-8-10-21(11-9-19)27(41)44-2)36-25(40)23-24(29(33,34)35)37-39-13-12-38(26(23)39)16-18-6-7-20(22(15-18)28(30,31)32)5-4-14-45-46(3,42)43/h6-11,15,17H,4-5,12-14,16H2,1-3H3,(H,36,40). The number of amides is 1. The fraction of sp³-hybridized carbons (Fsp3) is 0.414. The van der Waals surface area contributed by atoms with Crippen LogP contribution in [0.2, 0.25) is 0 Å². The first-order valence-electron chi connectivity index (χ1n) is 13.8. The molecule has 3 aromatic rings. The monoisotopic (exact) mass is 676 g/mol. The summed E-state index contributed by atoms with van der Waals surface area (Å²) >= 11 is 0. The zero-order chi connectivity index (χ0) is 34.0. The van der Waals surface area contributed by atoms with Crippen LogP contribution in [0.4, 0.5) is 32.2 Å². The summed E-state index contributed by atoms with van der Waals surface area (Å²) in [5, 5.41) is 6.15. The Kier molecular flexibility index (Phi) is 10.1. The number of hydrogen-bond donors (Lipinski definition) is 1. The predicted octanol–water partition coefficient (Wildman–Crippen LogP) is 5.13. The van der Waals surface area contributed by atoms with Gasteiger partial charge in [0, 0.05) is 13.1 Å². The van der Waals surface area contributed by atoms with E-state index in [9.17, 15) is 44.3 Å². The number of halogens is 6. The lowest BCUT2D eigenvalue weighted by atomic mass is 9.99. The summed E-state index contributed by atoms with van der Waals surface area (Å²) in [4.78, 5) is 26.5. The molecule has 4 rings (SSSR count). The van der Waals surface area contributed by atoms with Gasteiger partial charge in [-0.05, 0) is 54.7 Å². The average molecular weight is 677 g/mol. The molecule has 1 amide bonds. The van der Waals surface area contributed by atoms with Gasteiger partial charge in [-0.3, -0.25) is 8.98 Å². The molecule has 1 atom stereocenters. The lowest BCUT2D eigenvalue weighted by Gasteiger charge is -2.22. The van der Waals surface area contributed by atoms with Crippen molar-refractivity contribution in [2.45, 2.75) is 51.2 Å². The van der Waals surface area contributed by atoms with Gasteiger partial charge in [-0.2, -0.15) is 39.9 Å². The highest BCUT2D eigenvalue weighted by Gasteiger charge is 2.44. The summed E-state index contributed by atoms with van der Waals surface area (Å²) in [6.45, 7) is 1.01. The SMILES string of the molecule is COC(=O)c1ccc(C(C)NC(=O)c2c(C(F)(F)F)nn3c2N(Cc2ccc(CCCOS(C)(=O)=O)c(C(F)(F)F)c2)CC3)cc1. The second kappa shape index (κ2) is 13.3. The number of aryl methyl sites for hydroxylation is 1. The van der Waals surface area contributed by atoms with E-state index in [1.54, 1.807) is 0 Å². The van der Waals surface area contributed by atoms with Crippen LogP contribution in [0.1, 0.15) is 68.1 Å². The van der Waals surface area contributed by atoms with Gasteiger partial charge in [-0.25, -0.2) is 9.48 Å². The zero-order valence-corrected chi connectivity index (χ0v) is 25.6. The van der Waals surface area contributed by atoms with Crippen molar-refractivity contribution in [2.75, 3.05) is 31.4 Å². The maximum Gasteiger partial charge on any atom is 0.436 e. The van der Waals surface area contributed by atoms with E-state index < -0.39 is 57.2 Å². The van der Waals surface area contributed by atoms with Gasteiger partial charge in [0.2, 0.25) is 0 Å². The molecule has 1 N–H and O–H groups in total. The van der Waals surface area contributed by atoms with Crippen molar-refractivity contribution in [2.24, 2.45) is 0 Å². The Hall–Kier alpha value is -4.12. The number of methoxy groups -OCH3 is 1.